The van der Waals surface area contributed by atoms with Crippen molar-refractivity contribution in [2.45, 2.75) is 20.4 Å². The minimum absolute atomic E-state index is 0.983. The van der Waals surface area contributed by atoms with Crippen LogP contribution in [0.15, 0.2) is 36.5 Å². The molecule has 0 bridgehead atoms. The van der Waals surface area contributed by atoms with Crippen LogP contribution >= 0.6 is 0 Å². The molecule has 2 nitrogen and oxygen atoms in total. The number of nitrogens with zero attached hydrogens (tertiary/aromatic N) is 2. The van der Waals surface area contributed by atoms with Gasteiger partial charge in [-0.25, -0.2) is 0 Å². The molecule has 0 fully saturated rings. The van der Waals surface area contributed by atoms with Gasteiger partial charge in [0.25, 0.3) is 0 Å². The van der Waals surface area contributed by atoms with Crippen molar-refractivity contribution in [3.05, 3.63) is 42.1 Å². The van der Waals surface area contributed by atoms with E-state index in [1.807, 2.05) is 12.3 Å². The molecule has 80 valence electrons. The molecule has 0 aliphatic carbocycles. The lowest BCUT2D eigenvalue weighted by Gasteiger charge is -2.04. The molecule has 0 saturated carbocycles. The maximum Gasteiger partial charge on any atom is 0.0959 e. The molecule has 0 N–H and O–H groups in total. The van der Waals surface area contributed by atoms with Crippen molar-refractivity contribution in [1.29, 1.82) is 0 Å². The standard InChI is InChI=1S/C14H14N2/c1-3-16-12-8-5-9-15-13(12)11-7-4-6-10(2)14(11)16/h4-9H,3H2,1-2H3. The predicted octanol–water partition coefficient (Wildman–Crippen LogP) is 3.52. The van der Waals surface area contributed by atoms with Crippen molar-refractivity contribution in [3.8, 4) is 0 Å². The lowest BCUT2D eigenvalue weighted by atomic mass is 10.1. The quantitative estimate of drug-likeness (QED) is 0.601. The molecule has 3 rings (SSSR count). The number of pyridine rings is 1. The SMILES string of the molecule is CCn1c2cccnc2c2cccc(C)c21. The topological polar surface area (TPSA) is 17.8 Å². The highest BCUT2D eigenvalue weighted by Gasteiger charge is 2.10. The Morgan fingerprint density at radius 1 is 1.19 bits per heavy atom. The fourth-order valence-electron chi connectivity index (χ4n) is 2.48. The number of para-hydroxylation sites is 1. The van der Waals surface area contributed by atoms with Gasteiger partial charge in [-0.2, -0.15) is 0 Å². The first-order valence-electron chi connectivity index (χ1n) is 5.65. The maximum absolute atomic E-state index is 4.50. The average Bonchev–Trinajstić information content (AvgIpc) is 2.65. The third kappa shape index (κ3) is 1.10. The van der Waals surface area contributed by atoms with Crippen molar-refractivity contribution in [2.24, 2.45) is 0 Å². The number of benzene rings is 1. The van der Waals surface area contributed by atoms with Crippen molar-refractivity contribution in [2.75, 3.05) is 0 Å². The molecule has 0 radical (unpaired) electrons. The van der Waals surface area contributed by atoms with Gasteiger partial charge in [0.05, 0.1) is 16.6 Å². The van der Waals surface area contributed by atoms with E-state index >= 15 is 0 Å². The number of aromatic nitrogens is 2. The maximum atomic E-state index is 4.50. The van der Waals surface area contributed by atoms with E-state index in [4.69, 9.17) is 0 Å². The van der Waals surface area contributed by atoms with Gasteiger partial charge in [-0.1, -0.05) is 18.2 Å². The lowest BCUT2D eigenvalue weighted by molar-refractivity contribution is 0.824. The molecule has 2 heteroatoms. The third-order valence-corrected chi connectivity index (χ3v) is 3.16. The largest absolute Gasteiger partial charge is 0.339 e. The first-order chi connectivity index (χ1) is 7.83. The second-order valence-electron chi connectivity index (χ2n) is 4.09. The van der Waals surface area contributed by atoms with Gasteiger partial charge in [0.15, 0.2) is 0 Å². The van der Waals surface area contributed by atoms with E-state index in [1.54, 1.807) is 0 Å². The Balaban J connectivity index is 2.64. The molecule has 0 aliphatic rings. The molecule has 0 spiro atoms. The molecular formula is C14H14N2. The zero-order valence-electron chi connectivity index (χ0n) is 9.57. The van der Waals surface area contributed by atoms with Gasteiger partial charge in [0.2, 0.25) is 0 Å². The van der Waals surface area contributed by atoms with Crippen LogP contribution in [0.2, 0.25) is 0 Å². The molecule has 0 amide bonds. The van der Waals surface area contributed by atoms with E-state index in [0.717, 1.165) is 12.1 Å². The summed E-state index contributed by atoms with van der Waals surface area (Å²) in [6.07, 6.45) is 1.87. The fraction of sp³-hybridized carbons (Fsp3) is 0.214. The van der Waals surface area contributed by atoms with Crippen LogP contribution in [-0.4, -0.2) is 9.55 Å². The van der Waals surface area contributed by atoms with E-state index in [9.17, 15) is 0 Å². The molecule has 2 heterocycles. The van der Waals surface area contributed by atoms with Crippen LogP contribution in [0.1, 0.15) is 12.5 Å². The molecule has 0 unspecified atom stereocenters. The summed E-state index contributed by atoms with van der Waals surface area (Å²) >= 11 is 0. The van der Waals surface area contributed by atoms with Crippen LogP contribution in [0, 0.1) is 6.92 Å². The van der Waals surface area contributed by atoms with E-state index in [0.29, 0.717) is 0 Å². The van der Waals surface area contributed by atoms with Crippen molar-refractivity contribution in [1.82, 2.24) is 9.55 Å². The molecule has 0 aliphatic heterocycles. The molecule has 0 atom stereocenters. The Hall–Kier alpha value is -1.83. The van der Waals surface area contributed by atoms with Crippen LogP contribution in [-0.2, 0) is 6.54 Å². The highest BCUT2D eigenvalue weighted by molar-refractivity contribution is 6.06. The summed E-state index contributed by atoms with van der Waals surface area (Å²) in [5.74, 6) is 0. The molecular weight excluding hydrogens is 196 g/mol. The number of aryl methyl sites for hydroxylation is 2. The summed E-state index contributed by atoms with van der Waals surface area (Å²) in [5.41, 5.74) is 4.98. The van der Waals surface area contributed by atoms with E-state index < -0.39 is 0 Å². The van der Waals surface area contributed by atoms with Crippen LogP contribution in [0.25, 0.3) is 21.9 Å². The average molecular weight is 210 g/mol. The summed E-state index contributed by atoms with van der Waals surface area (Å²) in [6, 6.07) is 10.6. The highest BCUT2D eigenvalue weighted by atomic mass is 15.0. The normalized spacial score (nSPS) is 11.4. The molecule has 0 saturated heterocycles. The Bertz CT molecular complexity index is 665. The summed E-state index contributed by atoms with van der Waals surface area (Å²) < 4.78 is 2.34. The molecule has 3 aromatic rings. The second-order valence-corrected chi connectivity index (χ2v) is 4.09. The predicted molar refractivity (Wildman–Crippen MR) is 67.7 cm³/mol. The fourth-order valence-corrected chi connectivity index (χ4v) is 2.48. The van der Waals surface area contributed by atoms with Crippen LogP contribution in [0.5, 0.6) is 0 Å². The summed E-state index contributed by atoms with van der Waals surface area (Å²) in [6.45, 7) is 5.32. The highest BCUT2D eigenvalue weighted by Crippen LogP contribution is 2.29. The Kier molecular flexibility index (Phi) is 1.96. The van der Waals surface area contributed by atoms with Gasteiger partial charge < -0.3 is 4.57 Å². The minimum Gasteiger partial charge on any atom is -0.339 e. The number of rotatable bonds is 1. The van der Waals surface area contributed by atoms with Crippen molar-refractivity contribution in [3.63, 3.8) is 0 Å². The van der Waals surface area contributed by atoms with Gasteiger partial charge in [-0.3, -0.25) is 4.98 Å². The summed E-state index contributed by atoms with van der Waals surface area (Å²) in [7, 11) is 0. The summed E-state index contributed by atoms with van der Waals surface area (Å²) in [5, 5.41) is 1.26. The molecule has 16 heavy (non-hydrogen) atoms. The van der Waals surface area contributed by atoms with Gasteiger partial charge in [0.1, 0.15) is 0 Å². The van der Waals surface area contributed by atoms with Crippen LogP contribution < -0.4 is 0 Å². The minimum atomic E-state index is 0.983. The second kappa shape index (κ2) is 3.34. The van der Waals surface area contributed by atoms with Gasteiger partial charge in [0, 0.05) is 18.1 Å². The zero-order chi connectivity index (χ0) is 11.1. The first-order valence-corrected chi connectivity index (χ1v) is 5.65. The Labute approximate surface area is 94.5 Å². The van der Waals surface area contributed by atoms with Crippen LogP contribution in [0.3, 0.4) is 0 Å². The van der Waals surface area contributed by atoms with Crippen molar-refractivity contribution < 1.29 is 0 Å². The Morgan fingerprint density at radius 3 is 2.88 bits per heavy atom. The molecule has 2 aromatic heterocycles. The monoisotopic (exact) mass is 210 g/mol. The smallest absolute Gasteiger partial charge is 0.0959 e. The van der Waals surface area contributed by atoms with Crippen LogP contribution in [0.4, 0.5) is 0 Å². The van der Waals surface area contributed by atoms with Gasteiger partial charge >= 0.3 is 0 Å². The number of hydrogen-bond donors (Lipinski definition) is 0. The van der Waals surface area contributed by atoms with E-state index in [1.165, 1.54) is 22.0 Å². The summed E-state index contributed by atoms with van der Waals surface area (Å²) in [4.78, 5) is 4.50. The Morgan fingerprint density at radius 2 is 2.06 bits per heavy atom. The van der Waals surface area contributed by atoms with Crippen molar-refractivity contribution >= 4 is 21.9 Å². The van der Waals surface area contributed by atoms with Gasteiger partial charge in [-0.15, -0.1) is 0 Å². The van der Waals surface area contributed by atoms with E-state index in [-0.39, 0.29) is 0 Å². The van der Waals surface area contributed by atoms with E-state index in [2.05, 4.69) is 47.7 Å². The number of hydrogen-bond acceptors (Lipinski definition) is 1. The zero-order valence-corrected chi connectivity index (χ0v) is 9.57. The molecule has 1 aromatic carbocycles. The number of fused-ring (bicyclic) bond motifs is 3. The third-order valence-electron chi connectivity index (χ3n) is 3.16. The first kappa shape index (κ1) is 9.40. The van der Waals surface area contributed by atoms with Gasteiger partial charge in [-0.05, 0) is 31.5 Å². The lowest BCUT2D eigenvalue weighted by Crippen LogP contribution is -1.94.